The second-order valence-electron chi connectivity index (χ2n) is 4.84. The molecule has 0 aromatic heterocycles. The lowest BCUT2D eigenvalue weighted by Crippen LogP contribution is -2.24. The molecule has 2 unspecified atom stereocenters. The van der Waals surface area contributed by atoms with Gasteiger partial charge in [0.15, 0.2) is 0 Å². The van der Waals surface area contributed by atoms with E-state index < -0.39 is 0 Å². The minimum absolute atomic E-state index is 0.0693. The molecule has 0 saturated heterocycles. The van der Waals surface area contributed by atoms with E-state index >= 15 is 0 Å². The van der Waals surface area contributed by atoms with E-state index in [1.165, 1.54) is 0 Å². The SMILES string of the molecule is NC1CC(c2ccc(O)c(Cl)c2)Oc2ccc(Br)cc21. The van der Waals surface area contributed by atoms with Gasteiger partial charge in [-0.3, -0.25) is 0 Å². The Bertz CT molecular complexity index is 662. The predicted molar refractivity (Wildman–Crippen MR) is 82.2 cm³/mol. The highest BCUT2D eigenvalue weighted by atomic mass is 79.9. The van der Waals surface area contributed by atoms with Crippen molar-refractivity contribution in [3.8, 4) is 11.5 Å². The molecule has 1 aliphatic rings. The van der Waals surface area contributed by atoms with E-state index in [1.54, 1.807) is 12.1 Å². The van der Waals surface area contributed by atoms with Crippen molar-refractivity contribution in [2.24, 2.45) is 5.73 Å². The molecule has 0 saturated carbocycles. The number of ether oxygens (including phenoxy) is 1. The number of rotatable bonds is 1. The molecular formula is C15H13BrClNO2. The Hall–Kier alpha value is -1.23. The Labute approximate surface area is 130 Å². The van der Waals surface area contributed by atoms with E-state index in [-0.39, 0.29) is 17.9 Å². The van der Waals surface area contributed by atoms with Crippen molar-refractivity contribution in [3.05, 3.63) is 57.0 Å². The molecule has 0 bridgehead atoms. The number of halogens is 2. The van der Waals surface area contributed by atoms with Crippen molar-refractivity contribution in [2.75, 3.05) is 0 Å². The third-order valence-corrected chi connectivity index (χ3v) is 4.25. The van der Waals surface area contributed by atoms with Gasteiger partial charge in [0.2, 0.25) is 0 Å². The molecule has 20 heavy (non-hydrogen) atoms. The highest BCUT2D eigenvalue weighted by molar-refractivity contribution is 9.10. The van der Waals surface area contributed by atoms with E-state index in [0.29, 0.717) is 11.4 Å². The van der Waals surface area contributed by atoms with E-state index in [4.69, 9.17) is 22.1 Å². The van der Waals surface area contributed by atoms with E-state index in [9.17, 15) is 5.11 Å². The van der Waals surface area contributed by atoms with Gasteiger partial charge in [-0.1, -0.05) is 33.6 Å². The molecule has 0 spiro atoms. The first-order valence-electron chi connectivity index (χ1n) is 6.24. The topological polar surface area (TPSA) is 55.5 Å². The first-order chi connectivity index (χ1) is 9.54. The fourth-order valence-corrected chi connectivity index (χ4v) is 2.97. The number of phenolic OH excluding ortho intramolecular Hbond substituents is 1. The van der Waals surface area contributed by atoms with Crippen LogP contribution in [0.15, 0.2) is 40.9 Å². The maximum Gasteiger partial charge on any atom is 0.134 e. The summed E-state index contributed by atoms with van der Waals surface area (Å²) in [4.78, 5) is 0. The summed E-state index contributed by atoms with van der Waals surface area (Å²) in [7, 11) is 0. The molecule has 0 amide bonds. The van der Waals surface area contributed by atoms with Crippen LogP contribution in [0, 0.1) is 0 Å². The summed E-state index contributed by atoms with van der Waals surface area (Å²) in [5.74, 6) is 0.862. The lowest BCUT2D eigenvalue weighted by Gasteiger charge is -2.30. The maximum atomic E-state index is 9.48. The molecule has 0 aliphatic carbocycles. The zero-order valence-electron chi connectivity index (χ0n) is 10.5. The highest BCUT2D eigenvalue weighted by Gasteiger charge is 2.27. The zero-order valence-corrected chi connectivity index (χ0v) is 12.9. The van der Waals surface area contributed by atoms with Crippen LogP contribution in [0.1, 0.15) is 29.7 Å². The molecule has 104 valence electrons. The average molecular weight is 355 g/mol. The molecule has 0 radical (unpaired) electrons. The fourth-order valence-electron chi connectivity index (χ4n) is 2.40. The second kappa shape index (κ2) is 5.28. The molecule has 3 rings (SSSR count). The smallest absolute Gasteiger partial charge is 0.134 e. The van der Waals surface area contributed by atoms with Gasteiger partial charge in [-0.15, -0.1) is 0 Å². The summed E-state index contributed by atoms with van der Waals surface area (Å²) in [6.45, 7) is 0. The van der Waals surface area contributed by atoms with Crippen LogP contribution in [-0.2, 0) is 0 Å². The average Bonchev–Trinajstić information content (AvgIpc) is 2.42. The fraction of sp³-hybridized carbons (Fsp3) is 0.200. The normalized spacial score (nSPS) is 21.1. The molecule has 2 atom stereocenters. The second-order valence-corrected chi connectivity index (χ2v) is 6.16. The number of phenols is 1. The van der Waals surface area contributed by atoms with Gasteiger partial charge in [0.1, 0.15) is 17.6 Å². The van der Waals surface area contributed by atoms with Crippen LogP contribution in [-0.4, -0.2) is 5.11 Å². The monoisotopic (exact) mass is 353 g/mol. The van der Waals surface area contributed by atoms with Crippen molar-refractivity contribution in [2.45, 2.75) is 18.6 Å². The van der Waals surface area contributed by atoms with E-state index in [2.05, 4.69) is 15.9 Å². The van der Waals surface area contributed by atoms with Crippen LogP contribution < -0.4 is 10.5 Å². The Kier molecular flexibility index (Phi) is 3.63. The Morgan fingerprint density at radius 1 is 1.25 bits per heavy atom. The van der Waals surface area contributed by atoms with Gasteiger partial charge >= 0.3 is 0 Å². The molecule has 0 fully saturated rings. The summed E-state index contributed by atoms with van der Waals surface area (Å²) in [6.07, 6.45) is 0.515. The third-order valence-electron chi connectivity index (χ3n) is 3.45. The Morgan fingerprint density at radius 2 is 2.05 bits per heavy atom. The van der Waals surface area contributed by atoms with Crippen molar-refractivity contribution in [1.82, 2.24) is 0 Å². The summed E-state index contributed by atoms with van der Waals surface area (Å²) >= 11 is 9.39. The number of hydrogen-bond donors (Lipinski definition) is 2. The van der Waals surface area contributed by atoms with Crippen LogP contribution in [0.2, 0.25) is 5.02 Å². The van der Waals surface area contributed by atoms with Gasteiger partial charge < -0.3 is 15.6 Å². The minimum atomic E-state index is -0.156. The molecular weight excluding hydrogens is 342 g/mol. The van der Waals surface area contributed by atoms with Crippen LogP contribution in [0.25, 0.3) is 0 Å². The summed E-state index contributed by atoms with van der Waals surface area (Å²) in [5, 5.41) is 9.80. The van der Waals surface area contributed by atoms with Crippen LogP contribution in [0.3, 0.4) is 0 Å². The highest BCUT2D eigenvalue weighted by Crippen LogP contribution is 2.41. The number of hydrogen-bond acceptors (Lipinski definition) is 3. The van der Waals surface area contributed by atoms with Crippen LogP contribution in [0.4, 0.5) is 0 Å². The number of fused-ring (bicyclic) bond motifs is 1. The molecule has 2 aromatic rings. The van der Waals surface area contributed by atoms with Crippen LogP contribution in [0.5, 0.6) is 11.5 Å². The number of aromatic hydroxyl groups is 1. The zero-order chi connectivity index (χ0) is 14.3. The van der Waals surface area contributed by atoms with Crippen molar-refractivity contribution in [3.63, 3.8) is 0 Å². The molecule has 1 aliphatic heterocycles. The largest absolute Gasteiger partial charge is 0.506 e. The van der Waals surface area contributed by atoms with Gasteiger partial charge in [0.05, 0.1) is 5.02 Å². The standard InChI is InChI=1S/C15H13BrClNO2/c16-9-2-4-14-10(6-9)12(18)7-15(20-14)8-1-3-13(19)11(17)5-8/h1-6,12,15,19H,7,18H2. The molecule has 1 heterocycles. The van der Waals surface area contributed by atoms with E-state index in [0.717, 1.165) is 21.3 Å². The van der Waals surface area contributed by atoms with Crippen molar-refractivity contribution >= 4 is 27.5 Å². The first-order valence-corrected chi connectivity index (χ1v) is 7.42. The number of nitrogens with two attached hydrogens (primary N) is 1. The van der Waals surface area contributed by atoms with Gasteiger partial charge in [0, 0.05) is 22.5 Å². The first kappa shape index (κ1) is 13.7. The summed E-state index contributed by atoms with van der Waals surface area (Å²) in [5.41, 5.74) is 8.14. The van der Waals surface area contributed by atoms with Gasteiger partial charge in [-0.05, 0) is 35.9 Å². The summed E-state index contributed by atoms with van der Waals surface area (Å²) < 4.78 is 6.98. The Balaban J connectivity index is 1.94. The Morgan fingerprint density at radius 3 is 2.80 bits per heavy atom. The summed E-state index contributed by atoms with van der Waals surface area (Å²) in [6, 6.07) is 10.8. The van der Waals surface area contributed by atoms with Crippen molar-refractivity contribution < 1.29 is 9.84 Å². The van der Waals surface area contributed by atoms with E-state index in [1.807, 2.05) is 24.3 Å². The molecule has 3 N–H and O–H groups in total. The lowest BCUT2D eigenvalue weighted by molar-refractivity contribution is 0.161. The predicted octanol–water partition coefficient (Wildman–Crippen LogP) is 4.33. The molecule has 3 nitrogen and oxygen atoms in total. The minimum Gasteiger partial charge on any atom is -0.506 e. The van der Waals surface area contributed by atoms with Crippen molar-refractivity contribution in [1.29, 1.82) is 0 Å². The van der Waals surface area contributed by atoms with Gasteiger partial charge in [-0.2, -0.15) is 0 Å². The molecule has 5 heteroatoms. The van der Waals surface area contributed by atoms with Gasteiger partial charge in [-0.25, -0.2) is 0 Å². The lowest BCUT2D eigenvalue weighted by atomic mass is 9.93. The maximum absolute atomic E-state index is 9.48. The van der Waals surface area contributed by atoms with Crippen LogP contribution >= 0.6 is 27.5 Å². The molecule has 2 aromatic carbocycles. The third kappa shape index (κ3) is 2.51. The quantitative estimate of drug-likeness (QED) is 0.801. The number of benzene rings is 2. The van der Waals surface area contributed by atoms with Gasteiger partial charge in [0.25, 0.3) is 0 Å².